The Morgan fingerprint density at radius 2 is 0.500 bits per heavy atom. The van der Waals surface area contributed by atoms with Crippen molar-refractivity contribution >= 4 is 17.9 Å². The minimum Gasteiger partial charge on any atom is -0.462 e. The van der Waals surface area contributed by atoms with Gasteiger partial charge in [0, 0.05) is 19.3 Å². The van der Waals surface area contributed by atoms with Gasteiger partial charge in [-0.05, 0) is 128 Å². The van der Waals surface area contributed by atoms with Crippen molar-refractivity contribution in [2.24, 2.45) is 0 Å². The molecule has 0 aliphatic heterocycles. The molecule has 0 aromatic heterocycles. The van der Waals surface area contributed by atoms with Gasteiger partial charge in [-0.1, -0.05) is 284 Å². The Morgan fingerprint density at radius 3 is 0.825 bits per heavy atom. The van der Waals surface area contributed by atoms with Crippen LogP contribution in [0.2, 0.25) is 0 Å². The SMILES string of the molecule is CC/C=C\C/C=C\C/C=C\C/C=C\C/C=C\C/C=C\C/C=C\CCCC(=O)OCC(COC(=O)CCCCCCC/C=C\CCCCCCCCC)OC(=O)CCCCCCCCCCCCC/C=C\C/C=C\CCCCCCC. The minimum absolute atomic E-state index is 0.103. The molecule has 0 heterocycles. The van der Waals surface area contributed by atoms with Crippen LogP contribution in [0.5, 0.6) is 0 Å². The lowest BCUT2D eigenvalue weighted by atomic mass is 10.0. The Balaban J connectivity index is 4.48. The lowest BCUT2D eigenvalue weighted by Gasteiger charge is -2.18. The minimum atomic E-state index is -0.811. The summed E-state index contributed by atoms with van der Waals surface area (Å²) in [6.07, 6.45) is 93.5. The summed E-state index contributed by atoms with van der Waals surface area (Å²) in [4.78, 5) is 38.4. The van der Waals surface area contributed by atoms with Crippen molar-refractivity contribution in [2.75, 3.05) is 13.2 Å². The molecule has 1 atom stereocenters. The molecule has 80 heavy (non-hydrogen) atoms. The monoisotopic (exact) mass is 1110 g/mol. The zero-order valence-electron chi connectivity index (χ0n) is 52.3. The fourth-order valence-electron chi connectivity index (χ4n) is 9.16. The lowest BCUT2D eigenvalue weighted by Crippen LogP contribution is -2.30. The first-order valence-electron chi connectivity index (χ1n) is 33.5. The highest BCUT2D eigenvalue weighted by Crippen LogP contribution is 2.16. The van der Waals surface area contributed by atoms with Gasteiger partial charge in [0.05, 0.1) is 0 Å². The lowest BCUT2D eigenvalue weighted by molar-refractivity contribution is -0.167. The van der Waals surface area contributed by atoms with E-state index in [0.717, 1.165) is 109 Å². The van der Waals surface area contributed by atoms with Gasteiger partial charge in [0.25, 0.3) is 0 Å². The fourth-order valence-corrected chi connectivity index (χ4v) is 9.16. The van der Waals surface area contributed by atoms with Crippen LogP contribution in [0.3, 0.4) is 0 Å². The summed E-state index contributed by atoms with van der Waals surface area (Å²) in [5, 5.41) is 0. The number of hydrogen-bond acceptors (Lipinski definition) is 6. The van der Waals surface area contributed by atoms with Crippen molar-refractivity contribution in [3.05, 3.63) is 122 Å². The van der Waals surface area contributed by atoms with Gasteiger partial charge in [-0.2, -0.15) is 0 Å². The van der Waals surface area contributed by atoms with E-state index in [0.29, 0.717) is 19.3 Å². The van der Waals surface area contributed by atoms with Crippen molar-refractivity contribution in [1.29, 1.82) is 0 Å². The molecule has 456 valence electrons. The first-order chi connectivity index (χ1) is 39.5. The van der Waals surface area contributed by atoms with E-state index in [-0.39, 0.29) is 37.5 Å². The quantitative estimate of drug-likeness (QED) is 0.0261. The molecule has 0 aromatic carbocycles. The van der Waals surface area contributed by atoms with Crippen LogP contribution in [0.4, 0.5) is 0 Å². The molecule has 0 rings (SSSR count). The highest BCUT2D eigenvalue weighted by atomic mass is 16.6. The van der Waals surface area contributed by atoms with E-state index in [1.165, 1.54) is 154 Å². The van der Waals surface area contributed by atoms with Gasteiger partial charge in [-0.3, -0.25) is 14.4 Å². The second-order valence-electron chi connectivity index (χ2n) is 22.0. The molecule has 0 spiro atoms. The summed E-state index contributed by atoms with van der Waals surface area (Å²) in [6, 6.07) is 0. The molecule has 0 saturated heterocycles. The van der Waals surface area contributed by atoms with Gasteiger partial charge in [-0.15, -0.1) is 0 Å². The number of esters is 3. The summed E-state index contributed by atoms with van der Waals surface area (Å²) in [5.74, 6) is -0.967. The topological polar surface area (TPSA) is 78.9 Å². The molecule has 0 aliphatic carbocycles. The van der Waals surface area contributed by atoms with Gasteiger partial charge in [0.1, 0.15) is 13.2 Å². The second-order valence-corrected chi connectivity index (χ2v) is 22.0. The van der Waals surface area contributed by atoms with E-state index in [4.69, 9.17) is 14.2 Å². The Labute approximate surface area is 494 Å². The number of rotatable bonds is 60. The molecule has 6 heteroatoms. The number of carbonyl (C=O) groups is 3. The van der Waals surface area contributed by atoms with Crippen molar-refractivity contribution in [1.82, 2.24) is 0 Å². The van der Waals surface area contributed by atoms with Crippen LogP contribution in [-0.4, -0.2) is 37.2 Å². The van der Waals surface area contributed by atoms with Crippen LogP contribution in [0, 0.1) is 0 Å². The van der Waals surface area contributed by atoms with Gasteiger partial charge >= 0.3 is 17.9 Å². The van der Waals surface area contributed by atoms with E-state index < -0.39 is 6.10 Å². The average Bonchev–Trinajstić information content (AvgIpc) is 3.46. The Kier molecular flexibility index (Phi) is 63.8. The van der Waals surface area contributed by atoms with Crippen LogP contribution < -0.4 is 0 Å². The van der Waals surface area contributed by atoms with Crippen molar-refractivity contribution in [3.63, 3.8) is 0 Å². The highest BCUT2D eigenvalue weighted by molar-refractivity contribution is 5.71. The molecule has 0 bridgehead atoms. The third-order valence-electron chi connectivity index (χ3n) is 14.2. The van der Waals surface area contributed by atoms with E-state index in [1.54, 1.807) is 0 Å². The predicted molar refractivity (Wildman–Crippen MR) is 348 cm³/mol. The number of ether oxygens (including phenoxy) is 3. The zero-order valence-corrected chi connectivity index (χ0v) is 52.3. The fraction of sp³-hybridized carbons (Fsp3) is 0.689. The third-order valence-corrected chi connectivity index (χ3v) is 14.2. The van der Waals surface area contributed by atoms with Crippen LogP contribution in [0.15, 0.2) is 122 Å². The average molecular weight is 1110 g/mol. The van der Waals surface area contributed by atoms with Gasteiger partial charge < -0.3 is 14.2 Å². The summed E-state index contributed by atoms with van der Waals surface area (Å²) in [7, 11) is 0. The maximum absolute atomic E-state index is 12.9. The molecule has 1 unspecified atom stereocenters. The van der Waals surface area contributed by atoms with Crippen molar-refractivity contribution in [3.8, 4) is 0 Å². The van der Waals surface area contributed by atoms with Crippen LogP contribution >= 0.6 is 0 Å². The molecule has 0 radical (unpaired) electrons. The summed E-state index contributed by atoms with van der Waals surface area (Å²) >= 11 is 0. The normalized spacial score (nSPS) is 12.9. The first-order valence-corrected chi connectivity index (χ1v) is 33.5. The third kappa shape index (κ3) is 64.6. The molecule has 0 aromatic rings. The van der Waals surface area contributed by atoms with E-state index in [9.17, 15) is 14.4 Å². The van der Waals surface area contributed by atoms with Crippen LogP contribution in [0.25, 0.3) is 0 Å². The summed E-state index contributed by atoms with van der Waals surface area (Å²) in [5.41, 5.74) is 0. The molecule has 0 saturated carbocycles. The summed E-state index contributed by atoms with van der Waals surface area (Å²) < 4.78 is 16.9. The molecule has 0 aliphatic rings. The van der Waals surface area contributed by atoms with Gasteiger partial charge in [0.2, 0.25) is 0 Å². The molecular weight excluding hydrogens is 985 g/mol. The number of carbonyl (C=O) groups excluding carboxylic acids is 3. The van der Waals surface area contributed by atoms with Crippen molar-refractivity contribution in [2.45, 2.75) is 316 Å². The summed E-state index contributed by atoms with van der Waals surface area (Å²) in [6.45, 7) is 6.48. The zero-order chi connectivity index (χ0) is 57.8. The molecule has 0 N–H and O–H groups in total. The second kappa shape index (κ2) is 67.3. The first kappa shape index (κ1) is 75.8. The molecule has 0 amide bonds. The largest absolute Gasteiger partial charge is 0.462 e. The van der Waals surface area contributed by atoms with Gasteiger partial charge in [-0.25, -0.2) is 0 Å². The Morgan fingerprint density at radius 1 is 0.263 bits per heavy atom. The smallest absolute Gasteiger partial charge is 0.306 e. The van der Waals surface area contributed by atoms with Crippen LogP contribution in [-0.2, 0) is 28.6 Å². The Bertz CT molecular complexity index is 1650. The Hall–Kier alpha value is -4.19. The maximum Gasteiger partial charge on any atom is 0.306 e. The molecular formula is C74H124O6. The molecule has 6 nitrogen and oxygen atoms in total. The number of allylic oxidation sites excluding steroid dienone is 20. The number of hydrogen-bond donors (Lipinski definition) is 0. The van der Waals surface area contributed by atoms with E-state index in [1.807, 2.05) is 0 Å². The maximum atomic E-state index is 12.9. The van der Waals surface area contributed by atoms with Crippen LogP contribution in [0.1, 0.15) is 310 Å². The molecule has 0 fully saturated rings. The van der Waals surface area contributed by atoms with E-state index in [2.05, 4.69) is 142 Å². The standard InChI is InChI=1S/C74H124O6/c1-4-7-10-13-16-19-22-25-28-31-33-35-37-39-41-43-46-49-52-55-58-61-64-67-73(76)79-70-71(69-78-72(75)66-63-60-57-54-51-48-45-30-27-24-21-18-15-12-9-6-3)80-74(77)68-65-62-59-56-53-50-47-44-42-40-38-36-34-32-29-26-23-20-17-14-11-8-5-2/h7,10,16,19,23,25-26,28,30,32-35,39,41,45-46,49,55,58,71H,4-6,8-9,11-15,17-18,20-22,24,27,29,31,36-38,40,42-44,47-48,50-54,56-57,59-70H2,1-3H3/b10-7-,19-16-,26-23-,28-25-,34-32-,35-33-,41-39-,45-30-,49-46-,58-55-. The number of unbranched alkanes of at least 4 members (excludes halogenated alkanes) is 29. The predicted octanol–water partition coefficient (Wildman–Crippen LogP) is 23.2. The van der Waals surface area contributed by atoms with Gasteiger partial charge in [0.15, 0.2) is 6.10 Å². The van der Waals surface area contributed by atoms with E-state index >= 15 is 0 Å². The highest BCUT2D eigenvalue weighted by Gasteiger charge is 2.19. The van der Waals surface area contributed by atoms with Crippen molar-refractivity contribution < 1.29 is 28.6 Å².